The van der Waals surface area contributed by atoms with E-state index in [2.05, 4.69) is 247 Å². The van der Waals surface area contributed by atoms with Crippen molar-refractivity contribution in [2.75, 3.05) is 9.80 Å². The van der Waals surface area contributed by atoms with E-state index >= 15 is 0 Å². The van der Waals surface area contributed by atoms with Gasteiger partial charge in [-0.15, -0.1) is 0 Å². The van der Waals surface area contributed by atoms with Crippen molar-refractivity contribution in [2.45, 2.75) is 0 Å². The molecule has 0 N–H and O–H groups in total. The molecule has 0 bridgehead atoms. The van der Waals surface area contributed by atoms with Crippen LogP contribution in [0.5, 0.6) is 0 Å². The summed E-state index contributed by atoms with van der Waals surface area (Å²) in [5.74, 6) is 0. The molecule has 12 rings (SSSR count). The fourth-order valence-corrected chi connectivity index (χ4v) is 9.35. The predicted octanol–water partition coefficient (Wildman–Crippen LogP) is 15.3. The first-order valence-corrected chi connectivity index (χ1v) is 21.5. The summed E-state index contributed by atoms with van der Waals surface area (Å²) >= 11 is 0. The number of aromatic nitrogens is 4. The fourth-order valence-electron chi connectivity index (χ4n) is 9.35. The number of rotatable bonds is 9. The molecule has 4 aromatic heterocycles. The van der Waals surface area contributed by atoms with Crippen LogP contribution in [0.25, 0.3) is 66.1 Å². The Morgan fingerprint density at radius 3 is 0.953 bits per heavy atom. The summed E-state index contributed by atoms with van der Waals surface area (Å²) in [6.45, 7) is 0. The van der Waals surface area contributed by atoms with Gasteiger partial charge in [-0.05, 0) is 132 Å². The van der Waals surface area contributed by atoms with E-state index in [0.29, 0.717) is 0 Å². The lowest BCUT2D eigenvalue weighted by atomic mass is 10.0. The lowest BCUT2D eigenvalue weighted by Gasteiger charge is -2.26. The molecule has 0 aliphatic rings. The van der Waals surface area contributed by atoms with Gasteiger partial charge in [0, 0.05) is 91.8 Å². The molecule has 64 heavy (non-hydrogen) atoms. The molecule has 0 saturated carbocycles. The first-order valence-electron chi connectivity index (χ1n) is 21.5. The molecule has 12 aromatic rings. The van der Waals surface area contributed by atoms with E-state index in [1.165, 1.54) is 10.8 Å². The highest BCUT2D eigenvalue weighted by Gasteiger charge is 2.20. The zero-order chi connectivity index (χ0) is 42.4. The van der Waals surface area contributed by atoms with Crippen LogP contribution in [0.15, 0.2) is 243 Å². The van der Waals surface area contributed by atoms with E-state index < -0.39 is 0 Å². The summed E-state index contributed by atoms with van der Waals surface area (Å²) in [5, 5.41) is 4.53. The van der Waals surface area contributed by atoms with E-state index in [9.17, 15) is 0 Å². The first-order chi connectivity index (χ1) is 31.8. The Morgan fingerprint density at radius 1 is 0.281 bits per heavy atom. The van der Waals surface area contributed by atoms with Gasteiger partial charge in [0.25, 0.3) is 0 Å². The molecule has 0 radical (unpaired) electrons. The summed E-state index contributed by atoms with van der Waals surface area (Å²) in [6.07, 6.45) is 7.55. The highest BCUT2D eigenvalue weighted by molar-refractivity contribution is 6.12. The Labute approximate surface area is 370 Å². The molecule has 0 aliphatic carbocycles. The van der Waals surface area contributed by atoms with Gasteiger partial charge < -0.3 is 18.9 Å². The molecule has 0 saturated heterocycles. The van der Waals surface area contributed by atoms with Gasteiger partial charge in [-0.1, -0.05) is 97.1 Å². The van der Waals surface area contributed by atoms with Crippen LogP contribution in [0.4, 0.5) is 34.1 Å². The molecule has 0 amide bonds. The fraction of sp³-hybridized carbons (Fsp3) is 0. The minimum atomic E-state index is 1.09. The van der Waals surface area contributed by atoms with E-state index in [1.54, 1.807) is 0 Å². The molecule has 0 spiro atoms. The molecular formula is C58H40N6. The molecule has 4 heterocycles. The summed E-state index contributed by atoms with van der Waals surface area (Å²) < 4.78 is 4.69. The molecule has 0 unspecified atom stereocenters. The van der Waals surface area contributed by atoms with Crippen molar-refractivity contribution in [3.8, 4) is 22.5 Å². The highest BCUT2D eigenvalue weighted by atomic mass is 15.1. The number of hydrogen-bond acceptors (Lipinski definition) is 4. The van der Waals surface area contributed by atoms with Gasteiger partial charge in [-0.25, -0.2) is 0 Å². The van der Waals surface area contributed by atoms with Crippen LogP contribution in [0.1, 0.15) is 0 Å². The van der Waals surface area contributed by atoms with Crippen LogP contribution in [0.2, 0.25) is 0 Å². The highest BCUT2D eigenvalue weighted by Crippen LogP contribution is 2.43. The Morgan fingerprint density at radius 2 is 0.609 bits per heavy atom. The molecule has 0 fully saturated rings. The summed E-state index contributed by atoms with van der Waals surface area (Å²) in [5.41, 5.74) is 15.6. The quantitative estimate of drug-likeness (QED) is 0.145. The van der Waals surface area contributed by atoms with Crippen molar-refractivity contribution in [1.29, 1.82) is 0 Å². The molecule has 6 heteroatoms. The Kier molecular flexibility index (Phi) is 9.05. The second kappa shape index (κ2) is 15.6. The van der Waals surface area contributed by atoms with Crippen LogP contribution < -0.4 is 9.80 Å². The van der Waals surface area contributed by atoms with Gasteiger partial charge in [0.1, 0.15) is 0 Å². The van der Waals surface area contributed by atoms with Gasteiger partial charge in [-0.2, -0.15) is 0 Å². The number of fused-ring (bicyclic) bond motifs is 6. The maximum atomic E-state index is 4.40. The molecule has 0 atom stereocenters. The van der Waals surface area contributed by atoms with Crippen LogP contribution in [0.3, 0.4) is 0 Å². The third-order valence-corrected chi connectivity index (χ3v) is 12.3. The van der Waals surface area contributed by atoms with E-state index in [1.807, 2.05) is 24.8 Å². The van der Waals surface area contributed by atoms with Crippen LogP contribution >= 0.6 is 0 Å². The number of anilines is 6. The minimum Gasteiger partial charge on any atom is -0.310 e. The molecule has 0 aliphatic heterocycles. The third-order valence-electron chi connectivity index (χ3n) is 12.3. The van der Waals surface area contributed by atoms with Gasteiger partial charge in [0.05, 0.1) is 22.1 Å². The zero-order valence-corrected chi connectivity index (χ0v) is 34.8. The maximum Gasteiger partial charge on any atom is 0.0572 e. The van der Waals surface area contributed by atoms with E-state index in [0.717, 1.165) is 89.5 Å². The van der Waals surface area contributed by atoms with Crippen molar-refractivity contribution >= 4 is 77.7 Å². The van der Waals surface area contributed by atoms with Crippen molar-refractivity contribution in [2.24, 2.45) is 0 Å². The topological polar surface area (TPSA) is 42.1 Å². The number of pyridine rings is 2. The van der Waals surface area contributed by atoms with Crippen molar-refractivity contribution in [1.82, 2.24) is 19.1 Å². The second-order valence-electron chi connectivity index (χ2n) is 16.0. The monoisotopic (exact) mass is 820 g/mol. The van der Waals surface area contributed by atoms with Crippen LogP contribution in [-0.4, -0.2) is 19.1 Å². The van der Waals surface area contributed by atoms with Crippen LogP contribution in [0, 0.1) is 0 Å². The minimum absolute atomic E-state index is 1.09. The van der Waals surface area contributed by atoms with Crippen molar-refractivity contribution < 1.29 is 0 Å². The summed E-state index contributed by atoms with van der Waals surface area (Å²) in [7, 11) is 0. The number of benzene rings is 8. The lowest BCUT2D eigenvalue weighted by molar-refractivity contribution is 1.17. The van der Waals surface area contributed by atoms with Gasteiger partial charge in [-0.3, -0.25) is 9.97 Å². The normalized spacial score (nSPS) is 11.4. The third kappa shape index (κ3) is 6.36. The SMILES string of the molecule is c1ccc(N(c2ccccc2)c2ccc3c(c2)c2cc(N(c4ccccc4)c4ccccc4)ccc2n3-c2ccc(-c3ccc(-n4c5ccncc5c5cnccc54)cc3)cc2)cc1. The number of hydrogen-bond donors (Lipinski definition) is 0. The number of para-hydroxylation sites is 4. The van der Waals surface area contributed by atoms with E-state index in [-0.39, 0.29) is 0 Å². The Hall–Kier alpha value is -8.74. The molecule has 6 nitrogen and oxygen atoms in total. The molecule has 302 valence electrons. The lowest BCUT2D eigenvalue weighted by Crippen LogP contribution is -2.09. The molecular weight excluding hydrogens is 781 g/mol. The van der Waals surface area contributed by atoms with E-state index in [4.69, 9.17) is 0 Å². The average molecular weight is 821 g/mol. The largest absolute Gasteiger partial charge is 0.310 e. The summed E-state index contributed by atoms with van der Waals surface area (Å²) in [6, 6.07) is 78.2. The zero-order valence-electron chi connectivity index (χ0n) is 34.8. The first kappa shape index (κ1) is 37.1. The Bertz CT molecular complexity index is 3310. The molecule has 8 aromatic carbocycles. The number of nitrogens with zero attached hydrogens (tertiary/aromatic N) is 6. The Balaban J connectivity index is 0.988. The standard InChI is InChI=1S/C58H40N6/c1-5-13-43(14-6-1)61(44-15-7-2-8-16-44)49-29-31-55-51(37-49)52-38-50(62(45-17-9-3-10-18-45)46-19-11-4-12-20-46)30-32-56(52)63(55)47-25-21-41(22-26-47)42-23-27-48(28-24-42)64-57-33-35-59-39-53(57)54-40-60-36-34-58(54)64/h1-40H. The summed E-state index contributed by atoms with van der Waals surface area (Å²) in [4.78, 5) is 13.5. The predicted molar refractivity (Wildman–Crippen MR) is 266 cm³/mol. The van der Waals surface area contributed by atoms with Crippen molar-refractivity contribution in [3.63, 3.8) is 0 Å². The average Bonchev–Trinajstić information content (AvgIpc) is 3.88. The van der Waals surface area contributed by atoms with Gasteiger partial charge >= 0.3 is 0 Å². The smallest absolute Gasteiger partial charge is 0.0572 e. The van der Waals surface area contributed by atoms with Crippen LogP contribution in [-0.2, 0) is 0 Å². The second-order valence-corrected chi connectivity index (χ2v) is 16.0. The van der Waals surface area contributed by atoms with Crippen molar-refractivity contribution in [3.05, 3.63) is 243 Å². The van der Waals surface area contributed by atoms with Gasteiger partial charge in [0.15, 0.2) is 0 Å². The van der Waals surface area contributed by atoms with Gasteiger partial charge in [0.2, 0.25) is 0 Å². The maximum absolute atomic E-state index is 4.40.